The second-order valence-electron chi connectivity index (χ2n) is 5.62. The lowest BCUT2D eigenvalue weighted by Crippen LogP contribution is -2.14. The second kappa shape index (κ2) is 6.75. The lowest BCUT2D eigenvalue weighted by atomic mass is 9.98. The van der Waals surface area contributed by atoms with Gasteiger partial charge in [-0.3, -0.25) is 4.79 Å². The predicted molar refractivity (Wildman–Crippen MR) is 87.8 cm³/mol. The zero-order valence-electron chi connectivity index (χ0n) is 12.8. The molecule has 114 valence electrons. The van der Waals surface area contributed by atoms with Crippen molar-refractivity contribution in [3.8, 4) is 11.1 Å². The van der Waals surface area contributed by atoms with E-state index in [1.54, 1.807) is 0 Å². The van der Waals surface area contributed by atoms with Crippen LogP contribution in [0.4, 0.5) is 0 Å². The van der Waals surface area contributed by atoms with Crippen molar-refractivity contribution < 1.29 is 9.53 Å². The molecule has 0 amide bonds. The highest BCUT2D eigenvalue weighted by Crippen LogP contribution is 2.44. The summed E-state index contributed by atoms with van der Waals surface area (Å²) in [6.45, 7) is 1.26. The monoisotopic (exact) mass is 295 g/mol. The Hall–Kier alpha value is -2.13. The first-order valence-electron chi connectivity index (χ1n) is 7.79. The number of esters is 1. The average molecular weight is 295 g/mol. The molecule has 1 N–H and O–H groups in total. The van der Waals surface area contributed by atoms with E-state index in [2.05, 4.69) is 41.7 Å². The molecule has 3 rings (SSSR count). The molecule has 0 heterocycles. The van der Waals surface area contributed by atoms with Gasteiger partial charge in [-0.05, 0) is 42.3 Å². The Kier molecular flexibility index (Phi) is 4.54. The van der Waals surface area contributed by atoms with Gasteiger partial charge in [-0.15, -0.1) is 0 Å². The summed E-state index contributed by atoms with van der Waals surface area (Å²) in [7, 11) is 1.89. The third-order valence-electron chi connectivity index (χ3n) is 4.18. The molecule has 0 aromatic heterocycles. The van der Waals surface area contributed by atoms with Crippen molar-refractivity contribution in [2.75, 3.05) is 20.2 Å². The lowest BCUT2D eigenvalue weighted by molar-refractivity contribution is -0.144. The van der Waals surface area contributed by atoms with Crippen LogP contribution < -0.4 is 5.32 Å². The van der Waals surface area contributed by atoms with Crippen LogP contribution in [0.2, 0.25) is 0 Å². The van der Waals surface area contributed by atoms with E-state index < -0.39 is 0 Å². The number of ether oxygens (including phenoxy) is 1. The van der Waals surface area contributed by atoms with Gasteiger partial charge in [0, 0.05) is 12.3 Å². The van der Waals surface area contributed by atoms with Gasteiger partial charge in [0.1, 0.15) is 6.61 Å². The van der Waals surface area contributed by atoms with Crippen LogP contribution in [0.25, 0.3) is 11.1 Å². The zero-order chi connectivity index (χ0) is 15.4. The molecular formula is C19H21NO2. The number of fused-ring (bicyclic) bond motifs is 3. The molecule has 2 aromatic rings. The van der Waals surface area contributed by atoms with E-state index in [0.717, 1.165) is 13.0 Å². The average Bonchev–Trinajstić information content (AvgIpc) is 2.87. The standard InChI is InChI=1S/C19H21NO2/c1-20-12-6-11-19(21)22-13-18-16-9-4-2-7-14(16)15-8-3-5-10-17(15)18/h2-5,7-10,18,20H,6,11-13H2,1H3. The SMILES string of the molecule is CNCCCC(=O)OCC1c2ccccc2-c2ccccc21. The van der Waals surface area contributed by atoms with Gasteiger partial charge in [-0.1, -0.05) is 48.5 Å². The van der Waals surface area contributed by atoms with Crippen molar-refractivity contribution in [2.24, 2.45) is 0 Å². The number of carbonyl (C=O) groups excluding carboxylic acids is 1. The van der Waals surface area contributed by atoms with Crippen molar-refractivity contribution in [2.45, 2.75) is 18.8 Å². The molecule has 0 radical (unpaired) electrons. The minimum absolute atomic E-state index is 0.114. The maximum atomic E-state index is 11.8. The first-order valence-corrected chi connectivity index (χ1v) is 7.79. The molecule has 2 aromatic carbocycles. The van der Waals surface area contributed by atoms with Crippen LogP contribution in [0.15, 0.2) is 48.5 Å². The maximum Gasteiger partial charge on any atom is 0.305 e. The first-order chi connectivity index (χ1) is 10.8. The summed E-state index contributed by atoms with van der Waals surface area (Å²) in [5.74, 6) is 0.0396. The summed E-state index contributed by atoms with van der Waals surface area (Å²) in [5, 5.41) is 3.04. The van der Waals surface area contributed by atoms with E-state index in [-0.39, 0.29) is 11.9 Å². The van der Waals surface area contributed by atoms with Crippen LogP contribution in [0.1, 0.15) is 29.9 Å². The Labute approximate surface area is 131 Å². The van der Waals surface area contributed by atoms with Crippen molar-refractivity contribution in [1.29, 1.82) is 0 Å². The molecule has 1 aliphatic carbocycles. The highest BCUT2D eigenvalue weighted by molar-refractivity contribution is 5.79. The van der Waals surface area contributed by atoms with Crippen molar-refractivity contribution >= 4 is 5.97 Å². The largest absolute Gasteiger partial charge is 0.465 e. The van der Waals surface area contributed by atoms with Crippen LogP contribution in [-0.4, -0.2) is 26.2 Å². The normalized spacial score (nSPS) is 12.8. The van der Waals surface area contributed by atoms with Crippen LogP contribution >= 0.6 is 0 Å². The predicted octanol–water partition coefficient (Wildman–Crippen LogP) is 3.34. The summed E-state index contributed by atoms with van der Waals surface area (Å²) in [4.78, 5) is 11.8. The number of rotatable bonds is 6. The number of hydrogen-bond acceptors (Lipinski definition) is 3. The van der Waals surface area contributed by atoms with E-state index in [0.29, 0.717) is 13.0 Å². The smallest absolute Gasteiger partial charge is 0.305 e. The molecule has 0 fully saturated rings. The van der Waals surface area contributed by atoms with Gasteiger partial charge in [-0.25, -0.2) is 0 Å². The van der Waals surface area contributed by atoms with E-state index in [1.807, 2.05) is 19.2 Å². The molecule has 0 atom stereocenters. The number of hydrogen-bond donors (Lipinski definition) is 1. The minimum atomic E-state index is -0.114. The van der Waals surface area contributed by atoms with Gasteiger partial charge >= 0.3 is 5.97 Å². The molecule has 22 heavy (non-hydrogen) atoms. The summed E-state index contributed by atoms with van der Waals surface area (Å²) < 4.78 is 5.52. The third kappa shape index (κ3) is 2.90. The third-order valence-corrected chi connectivity index (χ3v) is 4.18. The highest BCUT2D eigenvalue weighted by Gasteiger charge is 2.28. The highest BCUT2D eigenvalue weighted by atomic mass is 16.5. The lowest BCUT2D eigenvalue weighted by Gasteiger charge is -2.14. The Bertz CT molecular complexity index is 620. The molecular weight excluding hydrogens is 274 g/mol. The van der Waals surface area contributed by atoms with E-state index in [1.165, 1.54) is 22.3 Å². The molecule has 0 spiro atoms. The molecule has 3 nitrogen and oxygen atoms in total. The molecule has 1 aliphatic rings. The van der Waals surface area contributed by atoms with Crippen LogP contribution in [0.5, 0.6) is 0 Å². The number of carbonyl (C=O) groups is 1. The van der Waals surface area contributed by atoms with E-state index in [4.69, 9.17) is 4.74 Å². The molecule has 0 unspecified atom stereocenters. The molecule has 0 aliphatic heterocycles. The number of benzene rings is 2. The fraction of sp³-hybridized carbons (Fsp3) is 0.316. The van der Waals surface area contributed by atoms with Gasteiger partial charge < -0.3 is 10.1 Å². The van der Waals surface area contributed by atoms with Crippen LogP contribution in [-0.2, 0) is 9.53 Å². The molecule has 3 heteroatoms. The summed E-state index contributed by atoms with van der Waals surface area (Å²) in [6, 6.07) is 16.8. The fourth-order valence-electron chi connectivity index (χ4n) is 3.10. The van der Waals surface area contributed by atoms with E-state index >= 15 is 0 Å². The van der Waals surface area contributed by atoms with Crippen LogP contribution in [0, 0.1) is 0 Å². The van der Waals surface area contributed by atoms with Crippen LogP contribution in [0.3, 0.4) is 0 Å². The van der Waals surface area contributed by atoms with Gasteiger partial charge in [0.25, 0.3) is 0 Å². The maximum absolute atomic E-state index is 11.8. The summed E-state index contributed by atoms with van der Waals surface area (Å²) in [5.41, 5.74) is 5.03. The summed E-state index contributed by atoms with van der Waals surface area (Å²) in [6.07, 6.45) is 1.28. The first kappa shape index (κ1) is 14.8. The molecule has 0 saturated carbocycles. The van der Waals surface area contributed by atoms with E-state index in [9.17, 15) is 4.79 Å². The second-order valence-corrected chi connectivity index (χ2v) is 5.62. The van der Waals surface area contributed by atoms with Crippen molar-refractivity contribution in [1.82, 2.24) is 5.32 Å². The Morgan fingerprint density at radius 2 is 1.64 bits per heavy atom. The van der Waals surface area contributed by atoms with Gasteiger partial charge in [0.2, 0.25) is 0 Å². The Balaban J connectivity index is 1.73. The molecule has 0 bridgehead atoms. The zero-order valence-corrected chi connectivity index (χ0v) is 12.8. The fourth-order valence-corrected chi connectivity index (χ4v) is 3.10. The van der Waals surface area contributed by atoms with Crippen molar-refractivity contribution in [3.05, 3.63) is 59.7 Å². The Morgan fingerprint density at radius 3 is 2.23 bits per heavy atom. The summed E-state index contributed by atoms with van der Waals surface area (Å²) >= 11 is 0. The van der Waals surface area contributed by atoms with Crippen molar-refractivity contribution in [3.63, 3.8) is 0 Å². The minimum Gasteiger partial charge on any atom is -0.465 e. The van der Waals surface area contributed by atoms with Gasteiger partial charge in [0.05, 0.1) is 0 Å². The number of nitrogens with one attached hydrogen (secondary N) is 1. The Morgan fingerprint density at radius 1 is 1.05 bits per heavy atom. The quantitative estimate of drug-likeness (QED) is 0.656. The molecule has 0 saturated heterocycles. The van der Waals surface area contributed by atoms with Gasteiger partial charge in [0.15, 0.2) is 0 Å². The topological polar surface area (TPSA) is 38.3 Å². The van der Waals surface area contributed by atoms with Gasteiger partial charge in [-0.2, -0.15) is 0 Å².